The van der Waals surface area contributed by atoms with E-state index in [9.17, 15) is 0 Å². The van der Waals surface area contributed by atoms with Gasteiger partial charge in [-0.15, -0.1) is 0 Å². The summed E-state index contributed by atoms with van der Waals surface area (Å²) < 4.78 is 8.64. The van der Waals surface area contributed by atoms with Gasteiger partial charge in [0.05, 0.1) is 5.60 Å². The van der Waals surface area contributed by atoms with Gasteiger partial charge in [0.2, 0.25) is 7.65 Å². The molecule has 2 unspecified atom stereocenters. The second-order valence-corrected chi connectivity index (χ2v) is 7.72. The Morgan fingerprint density at radius 3 is 2.25 bits per heavy atom. The molecule has 1 heterocycles. The lowest BCUT2D eigenvalue weighted by Gasteiger charge is -2.37. The molecule has 2 fully saturated rings. The topological polar surface area (TPSA) is 12.5 Å². The predicted octanol–water partition coefficient (Wildman–Crippen LogP) is 4.53. The Labute approximate surface area is 105 Å². The van der Waals surface area contributed by atoms with Crippen molar-refractivity contribution in [1.82, 2.24) is 4.67 Å². The first kappa shape index (κ1) is 13.1. The summed E-state index contributed by atoms with van der Waals surface area (Å²) in [6.45, 7) is 9.05. The third-order valence-electron chi connectivity index (χ3n) is 3.87. The van der Waals surface area contributed by atoms with Gasteiger partial charge in [0.1, 0.15) is 0 Å². The molecule has 0 radical (unpaired) electrons. The van der Waals surface area contributed by atoms with Crippen molar-refractivity contribution in [3.63, 3.8) is 0 Å². The highest BCUT2D eigenvalue weighted by Gasteiger charge is 2.56. The molecule has 16 heavy (non-hydrogen) atoms. The molecular weight excluding hydrogens is 241 g/mol. The molecule has 0 amide bonds. The summed E-state index contributed by atoms with van der Waals surface area (Å²) in [5, 5.41) is 0. The van der Waals surface area contributed by atoms with E-state index in [1.165, 1.54) is 25.7 Å². The summed E-state index contributed by atoms with van der Waals surface area (Å²) in [5.41, 5.74) is 0.0753. The molecule has 1 spiro atoms. The summed E-state index contributed by atoms with van der Waals surface area (Å²) in [6, 6.07) is 0.995. The van der Waals surface area contributed by atoms with E-state index in [1.54, 1.807) is 0 Å². The molecular formula is C12H23ClNOP. The van der Waals surface area contributed by atoms with E-state index in [-0.39, 0.29) is 5.60 Å². The fraction of sp³-hybridized carbons (Fsp3) is 1.00. The van der Waals surface area contributed by atoms with Gasteiger partial charge in [0, 0.05) is 12.1 Å². The number of nitrogens with zero attached hydrogens (tertiary/aromatic N) is 1. The van der Waals surface area contributed by atoms with Crippen molar-refractivity contribution < 1.29 is 4.52 Å². The van der Waals surface area contributed by atoms with Gasteiger partial charge in [-0.3, -0.25) is 0 Å². The highest BCUT2D eigenvalue weighted by molar-refractivity contribution is 7.78. The van der Waals surface area contributed by atoms with Crippen LogP contribution < -0.4 is 0 Å². The first-order chi connectivity index (χ1) is 7.48. The number of hydrogen-bond donors (Lipinski definition) is 0. The van der Waals surface area contributed by atoms with Gasteiger partial charge >= 0.3 is 0 Å². The third-order valence-corrected chi connectivity index (χ3v) is 6.19. The molecule has 1 saturated heterocycles. The van der Waals surface area contributed by atoms with Crippen molar-refractivity contribution in [2.75, 3.05) is 0 Å². The van der Waals surface area contributed by atoms with E-state index >= 15 is 0 Å². The van der Waals surface area contributed by atoms with Crippen molar-refractivity contribution in [2.24, 2.45) is 5.92 Å². The normalized spacial score (nSPS) is 34.7. The lowest BCUT2D eigenvalue weighted by atomic mass is 9.84. The molecule has 1 aliphatic heterocycles. The number of rotatable bonds is 2. The van der Waals surface area contributed by atoms with Gasteiger partial charge < -0.3 is 4.52 Å². The van der Waals surface area contributed by atoms with Crippen molar-refractivity contribution in [2.45, 2.75) is 71.1 Å². The zero-order chi connectivity index (χ0) is 11.9. The van der Waals surface area contributed by atoms with Crippen LogP contribution in [0, 0.1) is 5.92 Å². The Morgan fingerprint density at radius 1 is 1.25 bits per heavy atom. The maximum absolute atomic E-state index is 6.45. The lowest BCUT2D eigenvalue weighted by Crippen LogP contribution is -2.48. The van der Waals surface area contributed by atoms with Crippen molar-refractivity contribution >= 4 is 18.9 Å². The van der Waals surface area contributed by atoms with Crippen LogP contribution >= 0.6 is 18.9 Å². The largest absolute Gasteiger partial charge is 0.323 e. The van der Waals surface area contributed by atoms with Gasteiger partial charge in [-0.25, -0.2) is 4.67 Å². The monoisotopic (exact) mass is 263 g/mol. The summed E-state index contributed by atoms with van der Waals surface area (Å²) in [5.74, 6) is 0.617. The molecule has 2 aliphatic rings. The Balaban J connectivity index is 2.28. The van der Waals surface area contributed by atoms with Crippen molar-refractivity contribution in [3.05, 3.63) is 0 Å². The van der Waals surface area contributed by atoms with E-state index < -0.39 is 7.65 Å². The molecule has 2 atom stereocenters. The van der Waals surface area contributed by atoms with Gasteiger partial charge in [-0.05, 0) is 43.8 Å². The van der Waals surface area contributed by atoms with Crippen LogP contribution in [0.2, 0.25) is 0 Å². The minimum atomic E-state index is -0.894. The molecule has 1 saturated carbocycles. The fourth-order valence-corrected chi connectivity index (χ4v) is 6.31. The molecule has 0 aromatic carbocycles. The van der Waals surface area contributed by atoms with Crippen LogP contribution in [0.3, 0.4) is 0 Å². The van der Waals surface area contributed by atoms with Crippen molar-refractivity contribution in [3.8, 4) is 0 Å². The molecule has 0 aromatic rings. The van der Waals surface area contributed by atoms with Crippen LogP contribution in [-0.2, 0) is 4.52 Å². The first-order valence-electron chi connectivity index (χ1n) is 6.41. The van der Waals surface area contributed by atoms with Crippen LogP contribution in [-0.4, -0.2) is 22.4 Å². The second-order valence-electron chi connectivity index (χ2n) is 5.75. The second kappa shape index (κ2) is 4.72. The standard InChI is InChI=1S/C12H23ClNOP/c1-9(2)11-12(7-5-6-8-12)15-16(13)14(11)10(3)4/h9-11H,5-8H2,1-4H3. The van der Waals surface area contributed by atoms with E-state index in [0.717, 1.165) is 0 Å². The molecule has 2 nitrogen and oxygen atoms in total. The summed E-state index contributed by atoms with van der Waals surface area (Å²) in [6.07, 6.45) is 5.00. The minimum Gasteiger partial charge on any atom is -0.323 e. The molecule has 0 bridgehead atoms. The molecule has 0 N–H and O–H groups in total. The van der Waals surface area contributed by atoms with E-state index in [1.807, 2.05) is 0 Å². The van der Waals surface area contributed by atoms with Gasteiger partial charge in [-0.1, -0.05) is 26.7 Å². The fourth-order valence-electron chi connectivity index (χ4n) is 3.37. The highest BCUT2D eigenvalue weighted by Crippen LogP contribution is 2.65. The maximum atomic E-state index is 6.45. The smallest absolute Gasteiger partial charge is 0.208 e. The molecule has 94 valence electrons. The lowest BCUT2D eigenvalue weighted by molar-refractivity contribution is 0.0416. The summed E-state index contributed by atoms with van der Waals surface area (Å²) in [7, 11) is -0.894. The van der Waals surface area contributed by atoms with Crippen LogP contribution in [0.25, 0.3) is 0 Å². The quantitative estimate of drug-likeness (QED) is 0.679. The van der Waals surface area contributed by atoms with Crippen LogP contribution in [0.15, 0.2) is 0 Å². The zero-order valence-electron chi connectivity index (χ0n) is 10.7. The zero-order valence-corrected chi connectivity index (χ0v) is 12.4. The molecule has 0 aromatic heterocycles. The van der Waals surface area contributed by atoms with Gasteiger partial charge in [0.25, 0.3) is 0 Å². The number of hydrogen-bond acceptors (Lipinski definition) is 2. The average molecular weight is 264 g/mol. The first-order valence-corrected chi connectivity index (χ1v) is 8.53. The Kier molecular flexibility index (Phi) is 3.86. The SMILES string of the molecule is CC(C)C1N(C(C)C)P(Cl)OC12CCCC2. The molecule has 1 aliphatic carbocycles. The maximum Gasteiger partial charge on any atom is 0.208 e. The summed E-state index contributed by atoms with van der Waals surface area (Å²) in [4.78, 5) is 0. The van der Waals surface area contributed by atoms with Crippen molar-refractivity contribution in [1.29, 1.82) is 0 Å². The van der Waals surface area contributed by atoms with E-state index in [4.69, 9.17) is 15.8 Å². The Hall–Kier alpha value is 0.640. The highest BCUT2D eigenvalue weighted by atomic mass is 35.7. The predicted molar refractivity (Wildman–Crippen MR) is 70.7 cm³/mol. The number of halogens is 1. The third kappa shape index (κ3) is 2.03. The van der Waals surface area contributed by atoms with Crippen LogP contribution in [0.5, 0.6) is 0 Å². The van der Waals surface area contributed by atoms with Crippen LogP contribution in [0.4, 0.5) is 0 Å². The molecule has 4 heteroatoms. The van der Waals surface area contributed by atoms with E-state index in [0.29, 0.717) is 18.0 Å². The Morgan fingerprint density at radius 2 is 1.81 bits per heavy atom. The molecule has 2 rings (SSSR count). The van der Waals surface area contributed by atoms with Gasteiger partial charge in [-0.2, -0.15) is 0 Å². The summed E-state index contributed by atoms with van der Waals surface area (Å²) >= 11 is 6.45. The average Bonchev–Trinajstić information content (AvgIpc) is 2.72. The van der Waals surface area contributed by atoms with Gasteiger partial charge in [0.15, 0.2) is 0 Å². The van der Waals surface area contributed by atoms with E-state index in [2.05, 4.69) is 32.4 Å². The minimum absolute atomic E-state index is 0.0753. The Bertz CT molecular complexity index is 253. The van der Waals surface area contributed by atoms with Crippen LogP contribution in [0.1, 0.15) is 53.4 Å².